The van der Waals surface area contributed by atoms with Gasteiger partial charge < -0.3 is 0 Å². The van der Waals surface area contributed by atoms with Crippen molar-refractivity contribution in [1.29, 1.82) is 0 Å². The Bertz CT molecular complexity index is 318. The number of aryl methyl sites for hydroxylation is 2. The van der Waals surface area contributed by atoms with Gasteiger partial charge in [0.1, 0.15) is 0 Å². The highest BCUT2D eigenvalue weighted by atomic mass is 15.0. The van der Waals surface area contributed by atoms with Crippen molar-refractivity contribution in [2.45, 2.75) is 33.4 Å². The summed E-state index contributed by atoms with van der Waals surface area (Å²) < 4.78 is 0. The maximum absolute atomic E-state index is 4.47. The molecule has 1 aliphatic rings. The number of aromatic nitrogens is 1. The van der Waals surface area contributed by atoms with Gasteiger partial charge in [0.2, 0.25) is 0 Å². The molecule has 1 atom stereocenters. The highest BCUT2D eigenvalue weighted by Crippen LogP contribution is 2.28. The number of hydrogen-bond acceptors (Lipinski definition) is 1. The third-order valence-electron chi connectivity index (χ3n) is 2.41. The van der Waals surface area contributed by atoms with Gasteiger partial charge in [0.15, 0.2) is 0 Å². The molecule has 2 heteroatoms. The van der Waals surface area contributed by atoms with Gasteiger partial charge in [0.05, 0.1) is 12.2 Å². The highest BCUT2D eigenvalue weighted by molar-refractivity contribution is 5.36. The molecule has 0 aromatic carbocycles. The molecule has 0 N–H and O–H groups in total. The predicted molar refractivity (Wildman–Crippen MR) is 48.0 cm³/mol. The summed E-state index contributed by atoms with van der Waals surface area (Å²) in [6, 6.07) is 2.49. The van der Waals surface area contributed by atoms with Crippen molar-refractivity contribution in [3.63, 3.8) is 0 Å². The molecule has 12 heavy (non-hydrogen) atoms. The molecule has 0 saturated heterocycles. The Kier molecular flexibility index (Phi) is 1.65. The predicted octanol–water partition coefficient (Wildman–Crippen LogP) is 1.88. The van der Waals surface area contributed by atoms with Crippen LogP contribution in [0.15, 0.2) is 6.07 Å². The van der Waals surface area contributed by atoms with E-state index in [0.717, 1.165) is 12.2 Å². The first-order valence-electron chi connectivity index (χ1n) is 4.32. The summed E-state index contributed by atoms with van der Waals surface area (Å²) in [6.07, 6.45) is 0. The zero-order valence-electron chi connectivity index (χ0n) is 7.76. The molecular formula is C10H13N2. The second kappa shape index (κ2) is 2.56. The summed E-state index contributed by atoms with van der Waals surface area (Å²) in [5, 5.41) is 4.44. The van der Waals surface area contributed by atoms with Gasteiger partial charge in [-0.15, -0.1) is 0 Å². The zero-order chi connectivity index (χ0) is 8.72. The summed E-state index contributed by atoms with van der Waals surface area (Å²) in [6.45, 7) is 7.12. The van der Waals surface area contributed by atoms with E-state index in [1.165, 1.54) is 16.8 Å². The molecule has 0 spiro atoms. The van der Waals surface area contributed by atoms with Crippen LogP contribution in [-0.4, -0.2) is 4.98 Å². The van der Waals surface area contributed by atoms with Crippen molar-refractivity contribution < 1.29 is 0 Å². The molecule has 1 unspecified atom stereocenters. The van der Waals surface area contributed by atoms with Gasteiger partial charge in [-0.2, -0.15) is 0 Å². The minimum absolute atomic E-state index is 0.355. The first-order valence-corrected chi connectivity index (χ1v) is 4.32. The Balaban J connectivity index is 2.60. The maximum Gasteiger partial charge on any atom is 0.0612 e. The third-order valence-corrected chi connectivity index (χ3v) is 2.41. The van der Waals surface area contributed by atoms with Gasteiger partial charge in [-0.05, 0) is 38.0 Å². The molecular weight excluding hydrogens is 148 g/mol. The van der Waals surface area contributed by atoms with Crippen molar-refractivity contribution >= 4 is 0 Å². The van der Waals surface area contributed by atoms with Crippen LogP contribution in [-0.2, 0) is 6.54 Å². The number of rotatable bonds is 0. The quantitative estimate of drug-likeness (QED) is 0.570. The highest BCUT2D eigenvalue weighted by Gasteiger charge is 2.22. The van der Waals surface area contributed by atoms with E-state index in [1.807, 2.05) is 6.92 Å². The Morgan fingerprint density at radius 3 is 2.92 bits per heavy atom. The molecule has 2 heterocycles. The molecule has 0 bridgehead atoms. The van der Waals surface area contributed by atoms with Crippen LogP contribution in [0.3, 0.4) is 0 Å². The summed E-state index contributed by atoms with van der Waals surface area (Å²) in [5.74, 6) is 0. The van der Waals surface area contributed by atoms with Crippen molar-refractivity contribution in [2.24, 2.45) is 0 Å². The van der Waals surface area contributed by atoms with Crippen LogP contribution in [0.5, 0.6) is 0 Å². The van der Waals surface area contributed by atoms with Gasteiger partial charge in [-0.1, -0.05) is 0 Å². The minimum Gasteiger partial charge on any atom is -0.256 e. The van der Waals surface area contributed by atoms with E-state index in [1.54, 1.807) is 0 Å². The topological polar surface area (TPSA) is 27.0 Å². The standard InChI is InChI=1S/C10H13N2/c1-6-4-7(2)12-9-5-11-8(3)10(6)9/h4,8H,5H2,1-3H3. The van der Waals surface area contributed by atoms with E-state index in [4.69, 9.17) is 0 Å². The monoisotopic (exact) mass is 161 g/mol. The lowest BCUT2D eigenvalue weighted by atomic mass is 10.0. The van der Waals surface area contributed by atoms with Gasteiger partial charge >= 0.3 is 0 Å². The average Bonchev–Trinajstić information content (AvgIpc) is 2.31. The van der Waals surface area contributed by atoms with Crippen LogP contribution in [0, 0.1) is 13.8 Å². The van der Waals surface area contributed by atoms with Crippen LogP contribution in [0.25, 0.3) is 0 Å². The Hall–Kier alpha value is -0.890. The Morgan fingerprint density at radius 1 is 1.42 bits per heavy atom. The first-order chi connectivity index (χ1) is 5.68. The fourth-order valence-electron chi connectivity index (χ4n) is 1.93. The minimum atomic E-state index is 0.355. The molecule has 1 aromatic heterocycles. The van der Waals surface area contributed by atoms with Gasteiger partial charge in [0.25, 0.3) is 0 Å². The smallest absolute Gasteiger partial charge is 0.0612 e. The van der Waals surface area contributed by atoms with Gasteiger partial charge in [-0.25, -0.2) is 5.32 Å². The second-order valence-electron chi connectivity index (χ2n) is 3.46. The van der Waals surface area contributed by atoms with Crippen molar-refractivity contribution in [2.75, 3.05) is 0 Å². The van der Waals surface area contributed by atoms with E-state index < -0.39 is 0 Å². The molecule has 2 rings (SSSR count). The lowest BCUT2D eigenvalue weighted by molar-refractivity contribution is 0.615. The van der Waals surface area contributed by atoms with Crippen molar-refractivity contribution in [1.82, 2.24) is 10.3 Å². The summed E-state index contributed by atoms with van der Waals surface area (Å²) >= 11 is 0. The Labute approximate surface area is 73.0 Å². The van der Waals surface area contributed by atoms with Crippen LogP contribution in [0.2, 0.25) is 0 Å². The third kappa shape index (κ3) is 1.03. The molecule has 0 aliphatic carbocycles. The lowest BCUT2D eigenvalue weighted by Gasteiger charge is -2.07. The average molecular weight is 161 g/mol. The summed E-state index contributed by atoms with van der Waals surface area (Å²) in [5.41, 5.74) is 4.97. The SMILES string of the molecule is Cc1cc(C)c2c(n1)C[N]C2C. The zero-order valence-corrected chi connectivity index (χ0v) is 7.76. The van der Waals surface area contributed by atoms with Crippen molar-refractivity contribution in [3.8, 4) is 0 Å². The molecule has 0 saturated carbocycles. The van der Waals surface area contributed by atoms with Crippen LogP contribution in [0.4, 0.5) is 0 Å². The fourth-order valence-corrected chi connectivity index (χ4v) is 1.93. The van der Waals surface area contributed by atoms with Gasteiger partial charge in [-0.3, -0.25) is 4.98 Å². The lowest BCUT2D eigenvalue weighted by Crippen LogP contribution is -1.99. The fraction of sp³-hybridized carbons (Fsp3) is 0.500. The second-order valence-corrected chi connectivity index (χ2v) is 3.46. The van der Waals surface area contributed by atoms with Crippen LogP contribution < -0.4 is 5.32 Å². The molecule has 63 valence electrons. The van der Waals surface area contributed by atoms with Gasteiger partial charge in [0, 0.05) is 11.7 Å². The normalized spacial score (nSPS) is 21.1. The molecule has 0 fully saturated rings. The molecule has 1 aromatic rings. The maximum atomic E-state index is 4.47. The van der Waals surface area contributed by atoms with Crippen molar-refractivity contribution in [3.05, 3.63) is 28.6 Å². The first kappa shape index (κ1) is 7.74. The van der Waals surface area contributed by atoms with Crippen LogP contribution >= 0.6 is 0 Å². The molecule has 0 amide bonds. The van der Waals surface area contributed by atoms with E-state index in [0.29, 0.717) is 6.04 Å². The molecule has 1 radical (unpaired) electrons. The number of pyridine rings is 1. The molecule has 1 aliphatic heterocycles. The number of nitrogens with zero attached hydrogens (tertiary/aromatic N) is 2. The van der Waals surface area contributed by atoms with Crippen LogP contribution in [0.1, 0.15) is 35.5 Å². The van der Waals surface area contributed by atoms with E-state index in [9.17, 15) is 0 Å². The number of hydrogen-bond donors (Lipinski definition) is 0. The molecule has 2 nitrogen and oxygen atoms in total. The van der Waals surface area contributed by atoms with E-state index in [-0.39, 0.29) is 0 Å². The summed E-state index contributed by atoms with van der Waals surface area (Å²) in [7, 11) is 0. The largest absolute Gasteiger partial charge is 0.256 e. The van der Waals surface area contributed by atoms with E-state index in [2.05, 4.69) is 30.2 Å². The number of fused-ring (bicyclic) bond motifs is 1. The van der Waals surface area contributed by atoms with E-state index >= 15 is 0 Å². The summed E-state index contributed by atoms with van der Waals surface area (Å²) in [4.78, 5) is 4.47. The Morgan fingerprint density at radius 2 is 2.17 bits per heavy atom.